The van der Waals surface area contributed by atoms with Gasteiger partial charge >= 0.3 is 5.97 Å². The molecule has 1 aliphatic heterocycles. The third kappa shape index (κ3) is 3.27. The number of rotatable bonds is 3. The van der Waals surface area contributed by atoms with Gasteiger partial charge < -0.3 is 15.0 Å². The molecule has 0 radical (unpaired) electrons. The smallest absolute Gasteiger partial charge is 0.341 e. The molecule has 28 heavy (non-hydrogen) atoms. The number of methoxy groups -OCH3 is 1. The number of carbonyl (C=O) groups excluding carboxylic acids is 3. The van der Waals surface area contributed by atoms with E-state index in [1.54, 1.807) is 28.6 Å². The molecular formula is C19H17N3O4S2. The Morgan fingerprint density at radius 2 is 2.11 bits per heavy atom. The van der Waals surface area contributed by atoms with Crippen molar-refractivity contribution in [2.75, 3.05) is 19.0 Å². The molecule has 1 N–H and O–H groups in total. The number of aromatic nitrogens is 1. The highest BCUT2D eigenvalue weighted by Crippen LogP contribution is 2.38. The van der Waals surface area contributed by atoms with Crippen LogP contribution in [0.2, 0.25) is 0 Å². The highest BCUT2D eigenvalue weighted by Gasteiger charge is 2.30. The summed E-state index contributed by atoms with van der Waals surface area (Å²) in [6, 6.07) is 5.29. The van der Waals surface area contributed by atoms with E-state index in [0.717, 1.165) is 20.7 Å². The first-order chi connectivity index (χ1) is 13.5. The van der Waals surface area contributed by atoms with Crippen LogP contribution >= 0.6 is 22.7 Å². The number of amides is 2. The maximum Gasteiger partial charge on any atom is 0.341 e. The van der Waals surface area contributed by atoms with Gasteiger partial charge in [-0.2, -0.15) is 0 Å². The maximum atomic E-state index is 12.8. The summed E-state index contributed by atoms with van der Waals surface area (Å²) in [6.45, 7) is 2.50. The summed E-state index contributed by atoms with van der Waals surface area (Å²) in [4.78, 5) is 43.7. The van der Waals surface area contributed by atoms with Crippen molar-refractivity contribution < 1.29 is 19.1 Å². The minimum atomic E-state index is -0.484. The Balaban J connectivity index is 1.67. The van der Waals surface area contributed by atoms with Crippen LogP contribution in [0.3, 0.4) is 0 Å². The van der Waals surface area contributed by atoms with Gasteiger partial charge in [-0.3, -0.25) is 9.59 Å². The van der Waals surface area contributed by atoms with Crippen molar-refractivity contribution in [3.63, 3.8) is 0 Å². The number of thiophene rings is 1. The van der Waals surface area contributed by atoms with Crippen molar-refractivity contribution in [3.8, 4) is 0 Å². The largest absolute Gasteiger partial charge is 0.465 e. The third-order valence-electron chi connectivity index (χ3n) is 4.71. The van der Waals surface area contributed by atoms with Crippen LogP contribution in [0.4, 0.5) is 5.00 Å². The van der Waals surface area contributed by atoms with Crippen LogP contribution in [0.5, 0.6) is 0 Å². The van der Waals surface area contributed by atoms with E-state index in [1.165, 1.54) is 36.7 Å². The summed E-state index contributed by atoms with van der Waals surface area (Å²) < 4.78 is 5.86. The summed E-state index contributed by atoms with van der Waals surface area (Å²) in [6.07, 6.45) is 0.554. The molecule has 0 aliphatic carbocycles. The predicted octanol–water partition coefficient (Wildman–Crippen LogP) is 3.30. The molecule has 2 amide bonds. The van der Waals surface area contributed by atoms with E-state index < -0.39 is 5.97 Å². The van der Waals surface area contributed by atoms with Gasteiger partial charge in [-0.15, -0.1) is 22.7 Å². The first-order valence-corrected chi connectivity index (χ1v) is 10.3. The number of nitrogens with zero attached hydrogens (tertiary/aromatic N) is 2. The van der Waals surface area contributed by atoms with Crippen LogP contribution in [-0.4, -0.2) is 41.3 Å². The zero-order valence-electron chi connectivity index (χ0n) is 15.3. The minimum absolute atomic E-state index is 0.0119. The number of thiazole rings is 1. The summed E-state index contributed by atoms with van der Waals surface area (Å²) in [5.41, 5.74) is 4.30. The van der Waals surface area contributed by atoms with Crippen molar-refractivity contribution in [2.45, 2.75) is 19.9 Å². The number of benzene rings is 1. The standard InChI is InChI=1S/C19H17N3O4S2/c1-10(23)22-6-5-12-15(8-22)28-18(16(12)19(25)26-2)21-17(24)11-3-4-13-14(7-11)27-9-20-13/h3-4,7,9H,5-6,8H2,1-2H3,(H,21,24). The Morgan fingerprint density at radius 3 is 2.86 bits per heavy atom. The van der Waals surface area contributed by atoms with E-state index in [4.69, 9.17) is 4.74 Å². The fourth-order valence-electron chi connectivity index (χ4n) is 3.25. The van der Waals surface area contributed by atoms with Gasteiger partial charge in [0.25, 0.3) is 5.91 Å². The van der Waals surface area contributed by atoms with Crippen LogP contribution < -0.4 is 5.32 Å². The van der Waals surface area contributed by atoms with Crippen molar-refractivity contribution in [1.82, 2.24) is 9.88 Å². The van der Waals surface area contributed by atoms with Crippen LogP contribution in [0.25, 0.3) is 10.2 Å². The molecule has 0 saturated carbocycles. The average molecular weight is 415 g/mol. The number of anilines is 1. The highest BCUT2D eigenvalue weighted by molar-refractivity contribution is 7.17. The molecule has 0 atom stereocenters. The second-order valence-electron chi connectivity index (χ2n) is 6.38. The Morgan fingerprint density at radius 1 is 1.29 bits per heavy atom. The molecule has 9 heteroatoms. The Bertz CT molecular complexity index is 1100. The zero-order valence-corrected chi connectivity index (χ0v) is 16.9. The lowest BCUT2D eigenvalue weighted by atomic mass is 10.0. The second-order valence-corrected chi connectivity index (χ2v) is 8.37. The molecule has 0 spiro atoms. The van der Waals surface area contributed by atoms with Crippen molar-refractivity contribution in [3.05, 3.63) is 45.3 Å². The molecule has 0 bridgehead atoms. The van der Waals surface area contributed by atoms with Gasteiger partial charge in [0.05, 0.1) is 34.9 Å². The lowest BCUT2D eigenvalue weighted by Crippen LogP contribution is -2.33. The zero-order chi connectivity index (χ0) is 19.8. The summed E-state index contributed by atoms with van der Waals surface area (Å²) in [5.74, 6) is -0.799. The van der Waals surface area contributed by atoms with Gasteiger partial charge in [-0.05, 0) is 30.2 Å². The molecular weight excluding hydrogens is 398 g/mol. The molecule has 3 aromatic rings. The lowest BCUT2D eigenvalue weighted by molar-refractivity contribution is -0.129. The van der Waals surface area contributed by atoms with E-state index >= 15 is 0 Å². The Kier molecular flexibility index (Phi) is 4.86. The van der Waals surface area contributed by atoms with Gasteiger partial charge in [0.2, 0.25) is 5.91 Å². The highest BCUT2D eigenvalue weighted by atomic mass is 32.1. The number of hydrogen-bond donors (Lipinski definition) is 1. The summed E-state index contributed by atoms with van der Waals surface area (Å²) in [7, 11) is 1.32. The lowest BCUT2D eigenvalue weighted by Gasteiger charge is -2.25. The SMILES string of the molecule is COC(=O)c1c(NC(=O)c2ccc3ncsc3c2)sc2c1CCN(C(C)=O)C2. The van der Waals surface area contributed by atoms with Gasteiger partial charge in [0, 0.05) is 23.9 Å². The molecule has 1 aliphatic rings. The fourth-order valence-corrected chi connectivity index (χ4v) is 5.21. The van der Waals surface area contributed by atoms with Crippen molar-refractivity contribution >= 4 is 55.7 Å². The molecule has 7 nitrogen and oxygen atoms in total. The van der Waals surface area contributed by atoms with Crippen LogP contribution in [-0.2, 0) is 22.5 Å². The number of ether oxygens (including phenoxy) is 1. The molecule has 2 aromatic heterocycles. The minimum Gasteiger partial charge on any atom is -0.465 e. The van der Waals surface area contributed by atoms with Crippen molar-refractivity contribution in [1.29, 1.82) is 0 Å². The topological polar surface area (TPSA) is 88.6 Å². The van der Waals surface area contributed by atoms with Crippen LogP contribution in [0, 0.1) is 0 Å². The normalized spacial score (nSPS) is 13.3. The molecule has 0 fully saturated rings. The van der Waals surface area contributed by atoms with Gasteiger partial charge in [0.15, 0.2) is 0 Å². The van der Waals surface area contributed by atoms with E-state index in [1.807, 2.05) is 0 Å². The van der Waals surface area contributed by atoms with Crippen molar-refractivity contribution in [2.24, 2.45) is 0 Å². The van der Waals surface area contributed by atoms with Gasteiger partial charge in [0.1, 0.15) is 5.00 Å². The Labute approximate surface area is 168 Å². The summed E-state index contributed by atoms with van der Waals surface area (Å²) >= 11 is 2.78. The van der Waals surface area contributed by atoms with E-state index in [0.29, 0.717) is 35.6 Å². The monoisotopic (exact) mass is 415 g/mol. The van der Waals surface area contributed by atoms with E-state index in [-0.39, 0.29) is 11.8 Å². The second kappa shape index (κ2) is 7.33. The average Bonchev–Trinajstić information content (AvgIpc) is 3.29. The fraction of sp³-hybridized carbons (Fsp3) is 0.263. The first-order valence-electron chi connectivity index (χ1n) is 8.61. The number of esters is 1. The number of hydrogen-bond acceptors (Lipinski definition) is 7. The van der Waals surface area contributed by atoms with Crippen LogP contribution in [0.1, 0.15) is 38.1 Å². The molecule has 3 heterocycles. The molecule has 144 valence electrons. The molecule has 0 saturated heterocycles. The molecule has 0 unspecified atom stereocenters. The number of carbonyl (C=O) groups is 3. The third-order valence-corrected chi connectivity index (χ3v) is 6.64. The number of nitrogens with one attached hydrogen (secondary N) is 1. The van der Waals surface area contributed by atoms with Gasteiger partial charge in [-0.1, -0.05) is 0 Å². The molecule has 4 rings (SSSR count). The quantitative estimate of drug-likeness (QED) is 0.663. The molecule has 1 aromatic carbocycles. The van der Waals surface area contributed by atoms with E-state index in [2.05, 4.69) is 10.3 Å². The summed E-state index contributed by atoms with van der Waals surface area (Å²) in [5, 5.41) is 3.31. The predicted molar refractivity (Wildman–Crippen MR) is 108 cm³/mol. The first kappa shape index (κ1) is 18.6. The van der Waals surface area contributed by atoms with Gasteiger partial charge in [-0.25, -0.2) is 9.78 Å². The van der Waals surface area contributed by atoms with E-state index in [9.17, 15) is 14.4 Å². The van der Waals surface area contributed by atoms with Crippen LogP contribution in [0.15, 0.2) is 23.7 Å². The maximum absolute atomic E-state index is 12.8. The number of fused-ring (bicyclic) bond motifs is 2. The Hall–Kier alpha value is -2.78.